The Balaban J connectivity index is 0.000000590. The van der Waals surface area contributed by atoms with Gasteiger partial charge in [-0.25, -0.2) is 4.39 Å². The monoisotopic (exact) mass is 762 g/mol. The molecule has 0 radical (unpaired) electrons. The molecule has 1 saturated carbocycles. The first kappa shape index (κ1) is 43.6. The SMILES string of the molecule is CC.CCC1CCCCC1.N=C(Cc1ccc(F)c(C(=O)N2CCN(C(=O)CN3CCC(OC4CCN(C=O)CC4)CC3)CC2)c1)c1ccccc1C(N)=O. The second kappa shape index (κ2) is 22.4. The topological polar surface area (TPSA) is 140 Å². The predicted molar refractivity (Wildman–Crippen MR) is 214 cm³/mol. The van der Waals surface area contributed by atoms with Crippen molar-refractivity contribution in [2.75, 3.05) is 58.9 Å². The molecule has 0 atom stereocenters. The van der Waals surface area contributed by atoms with Crippen molar-refractivity contribution in [3.05, 3.63) is 70.5 Å². The minimum Gasteiger partial charge on any atom is -0.375 e. The number of piperidine rings is 2. The molecule has 0 spiro atoms. The summed E-state index contributed by atoms with van der Waals surface area (Å²) < 4.78 is 21.1. The van der Waals surface area contributed by atoms with Gasteiger partial charge in [0.2, 0.25) is 18.2 Å². The molecule has 4 amide bonds. The summed E-state index contributed by atoms with van der Waals surface area (Å²) in [5.41, 5.74) is 6.70. The average molecular weight is 763 g/mol. The molecule has 2 aromatic carbocycles. The largest absolute Gasteiger partial charge is 0.375 e. The molecule has 3 heterocycles. The molecule has 11 nitrogen and oxygen atoms in total. The zero-order chi connectivity index (χ0) is 39.7. The quantitative estimate of drug-likeness (QED) is 0.215. The van der Waals surface area contributed by atoms with Crippen molar-refractivity contribution in [3.63, 3.8) is 0 Å². The lowest BCUT2D eigenvalue weighted by Gasteiger charge is -2.38. The van der Waals surface area contributed by atoms with E-state index < -0.39 is 17.6 Å². The van der Waals surface area contributed by atoms with Crippen LogP contribution in [0.4, 0.5) is 4.39 Å². The van der Waals surface area contributed by atoms with Gasteiger partial charge in [0.25, 0.3) is 5.91 Å². The molecule has 0 bridgehead atoms. The number of nitrogens with zero attached hydrogens (tertiary/aromatic N) is 4. The minimum atomic E-state index is -0.648. The number of nitrogens with two attached hydrogens (primary N) is 1. The number of primary amides is 1. The Kier molecular flexibility index (Phi) is 17.7. The summed E-state index contributed by atoms with van der Waals surface area (Å²) in [4.78, 5) is 56.3. The van der Waals surface area contributed by atoms with Crippen molar-refractivity contribution >= 4 is 29.8 Å². The van der Waals surface area contributed by atoms with Crippen molar-refractivity contribution in [1.82, 2.24) is 19.6 Å². The number of amides is 4. The van der Waals surface area contributed by atoms with E-state index in [0.717, 1.165) is 64.2 Å². The highest BCUT2D eigenvalue weighted by molar-refractivity contribution is 6.09. The van der Waals surface area contributed by atoms with Gasteiger partial charge in [0, 0.05) is 75.6 Å². The molecule has 0 aromatic heterocycles. The number of halogens is 1. The number of rotatable bonds is 11. The first-order valence-electron chi connectivity index (χ1n) is 20.5. The van der Waals surface area contributed by atoms with Gasteiger partial charge in [0.05, 0.1) is 24.3 Å². The lowest BCUT2D eigenvalue weighted by molar-refractivity contribution is -0.135. The van der Waals surface area contributed by atoms with Gasteiger partial charge in [-0.15, -0.1) is 0 Å². The lowest BCUT2D eigenvalue weighted by atomic mass is 9.88. The first-order valence-corrected chi connectivity index (χ1v) is 20.5. The van der Waals surface area contributed by atoms with E-state index in [9.17, 15) is 23.6 Å². The van der Waals surface area contributed by atoms with E-state index in [1.165, 1.54) is 56.7 Å². The first-order chi connectivity index (χ1) is 26.6. The van der Waals surface area contributed by atoms with Crippen molar-refractivity contribution in [1.29, 1.82) is 5.41 Å². The Morgan fingerprint density at radius 1 is 0.800 bits per heavy atom. The predicted octanol–water partition coefficient (Wildman–Crippen LogP) is 5.92. The average Bonchev–Trinajstić information content (AvgIpc) is 3.23. The van der Waals surface area contributed by atoms with Crippen molar-refractivity contribution in [3.8, 4) is 0 Å². The zero-order valence-corrected chi connectivity index (χ0v) is 33.3. The van der Waals surface area contributed by atoms with Crippen LogP contribution in [0.5, 0.6) is 0 Å². The fourth-order valence-corrected chi connectivity index (χ4v) is 7.92. The van der Waals surface area contributed by atoms with Gasteiger partial charge < -0.3 is 30.6 Å². The second-order valence-electron chi connectivity index (χ2n) is 14.9. The highest BCUT2D eigenvalue weighted by atomic mass is 19.1. The highest BCUT2D eigenvalue weighted by Crippen LogP contribution is 2.26. The van der Waals surface area contributed by atoms with Gasteiger partial charge in [0.1, 0.15) is 5.82 Å². The number of carbonyl (C=O) groups excluding carboxylic acids is 4. The summed E-state index contributed by atoms with van der Waals surface area (Å²) >= 11 is 0. The number of nitrogens with one attached hydrogen (secondary N) is 1. The standard InChI is InChI=1S/C33H41FN6O5.C8H16.C2H6/c34-29-6-5-23(20-30(35)26-3-1-2-4-27(26)32(36)43)19-28(29)33(44)40-17-15-39(16-18-40)31(42)21-37-11-7-24(8-12-37)45-25-9-13-38(22-41)14-10-25;1-2-8-6-4-3-5-7-8;1-2/h1-6,19,22,24-25,35H,7-18,20-21H2,(H2,36,43);8H,2-7H2,1H3;1-2H3. The molecule has 0 unspecified atom stereocenters. The van der Waals surface area contributed by atoms with Gasteiger partial charge in [-0.05, 0) is 55.4 Å². The van der Waals surface area contributed by atoms with E-state index in [0.29, 0.717) is 43.9 Å². The molecule has 12 heteroatoms. The highest BCUT2D eigenvalue weighted by Gasteiger charge is 2.30. The molecule has 55 heavy (non-hydrogen) atoms. The number of hydrogen-bond acceptors (Lipinski definition) is 7. The number of likely N-dealkylation sites (tertiary alicyclic amines) is 2. The number of piperazine rings is 1. The van der Waals surface area contributed by atoms with Crippen LogP contribution in [0.2, 0.25) is 0 Å². The Morgan fingerprint density at radius 3 is 1.95 bits per heavy atom. The second-order valence-corrected chi connectivity index (χ2v) is 14.9. The summed E-state index contributed by atoms with van der Waals surface area (Å²) in [5, 5.41) is 8.50. The molecule has 4 fully saturated rings. The molecule has 3 saturated heterocycles. The summed E-state index contributed by atoms with van der Waals surface area (Å²) in [6.07, 6.45) is 13.7. The van der Waals surface area contributed by atoms with Crippen LogP contribution in [0.3, 0.4) is 0 Å². The summed E-state index contributed by atoms with van der Waals surface area (Å²) in [7, 11) is 0. The van der Waals surface area contributed by atoms with Crippen LogP contribution < -0.4 is 5.73 Å². The van der Waals surface area contributed by atoms with E-state index >= 15 is 0 Å². The van der Waals surface area contributed by atoms with E-state index in [1.807, 2.05) is 13.8 Å². The van der Waals surface area contributed by atoms with Crippen LogP contribution in [0.25, 0.3) is 0 Å². The molecular formula is C43H63FN6O5. The normalized spacial score (nSPS) is 18.7. The zero-order valence-electron chi connectivity index (χ0n) is 33.3. The summed E-state index contributed by atoms with van der Waals surface area (Å²) in [5.74, 6) is -0.633. The van der Waals surface area contributed by atoms with Gasteiger partial charge in [0.15, 0.2) is 0 Å². The maximum Gasteiger partial charge on any atom is 0.256 e. The Morgan fingerprint density at radius 2 is 1.38 bits per heavy atom. The van der Waals surface area contributed by atoms with Crippen molar-refractivity contribution < 1.29 is 28.3 Å². The van der Waals surface area contributed by atoms with Crippen LogP contribution >= 0.6 is 0 Å². The van der Waals surface area contributed by atoms with E-state index in [2.05, 4.69) is 11.8 Å². The molecule has 6 rings (SSSR count). The fourth-order valence-electron chi connectivity index (χ4n) is 7.92. The third-order valence-electron chi connectivity index (χ3n) is 11.3. The van der Waals surface area contributed by atoms with Gasteiger partial charge in [-0.2, -0.15) is 0 Å². The molecule has 1 aliphatic carbocycles. The van der Waals surface area contributed by atoms with Crippen LogP contribution in [0, 0.1) is 17.1 Å². The van der Waals surface area contributed by atoms with Crippen molar-refractivity contribution in [2.24, 2.45) is 11.7 Å². The van der Waals surface area contributed by atoms with E-state index in [4.69, 9.17) is 15.9 Å². The van der Waals surface area contributed by atoms with Crippen molar-refractivity contribution in [2.45, 2.75) is 104 Å². The number of benzene rings is 2. The Bertz CT molecular complexity index is 1560. The fraction of sp³-hybridized carbons (Fsp3) is 0.605. The number of carbonyl (C=O) groups is 4. The molecular weight excluding hydrogens is 700 g/mol. The molecule has 2 aromatic rings. The van der Waals surface area contributed by atoms with Crippen LogP contribution in [-0.4, -0.2) is 121 Å². The molecule has 3 N–H and O–H groups in total. The lowest BCUT2D eigenvalue weighted by Crippen LogP contribution is -2.53. The molecule has 4 aliphatic rings. The Hall–Kier alpha value is -4.16. The molecule has 3 aliphatic heterocycles. The van der Waals surface area contributed by atoms with Gasteiger partial charge >= 0.3 is 0 Å². The number of ether oxygens (including phenoxy) is 1. The Labute approximate surface area is 327 Å². The minimum absolute atomic E-state index is 0.0191. The summed E-state index contributed by atoms with van der Waals surface area (Å²) in [6, 6.07) is 10.8. The van der Waals surface area contributed by atoms with E-state index in [-0.39, 0.29) is 41.4 Å². The number of hydrogen-bond donors (Lipinski definition) is 2. The van der Waals surface area contributed by atoms with Gasteiger partial charge in [-0.1, -0.05) is 83.6 Å². The third-order valence-corrected chi connectivity index (χ3v) is 11.3. The van der Waals surface area contributed by atoms with E-state index in [1.54, 1.807) is 39.0 Å². The maximum atomic E-state index is 14.8. The van der Waals surface area contributed by atoms with Gasteiger partial charge in [-0.3, -0.25) is 24.1 Å². The molecule has 302 valence electrons. The third kappa shape index (κ3) is 13.0. The van der Waals surface area contributed by atoms with Crippen LogP contribution in [0.1, 0.15) is 117 Å². The smallest absolute Gasteiger partial charge is 0.256 e. The van der Waals surface area contributed by atoms with Crippen LogP contribution in [-0.2, 0) is 20.7 Å². The maximum absolute atomic E-state index is 14.8. The summed E-state index contributed by atoms with van der Waals surface area (Å²) in [6.45, 7) is 11.0. The van der Waals surface area contributed by atoms with Crippen LogP contribution in [0.15, 0.2) is 42.5 Å².